The van der Waals surface area contributed by atoms with E-state index in [1.54, 1.807) is 13.0 Å². The van der Waals surface area contributed by atoms with Gasteiger partial charge in [-0.25, -0.2) is 8.42 Å². The molecule has 0 radical (unpaired) electrons. The average Bonchev–Trinajstić information content (AvgIpc) is 2.79. The summed E-state index contributed by atoms with van der Waals surface area (Å²) >= 11 is 0. The standard InChI is InChI=1S/C23H31N3O4S/c1-3-31(28,29)25-20-10-7-11-21(17-20)26-14-12-19(13-15-26)24-22(23(27)30-2)16-18-8-5-4-6-9-18/h4-11,17,19,22,24-25H,3,12-16H2,1-2H3/t22-/m0/s1. The maximum Gasteiger partial charge on any atom is 0.323 e. The molecule has 2 aromatic rings. The van der Waals surface area contributed by atoms with E-state index in [0.29, 0.717) is 12.1 Å². The van der Waals surface area contributed by atoms with Crippen molar-refractivity contribution in [3.05, 3.63) is 60.2 Å². The van der Waals surface area contributed by atoms with E-state index in [4.69, 9.17) is 4.74 Å². The van der Waals surface area contributed by atoms with Crippen LogP contribution in [0.1, 0.15) is 25.3 Å². The predicted octanol–water partition coefficient (Wildman–Crippen LogP) is 2.79. The highest BCUT2D eigenvalue weighted by molar-refractivity contribution is 7.92. The fourth-order valence-electron chi connectivity index (χ4n) is 3.81. The number of piperidine rings is 1. The van der Waals surface area contributed by atoms with Crippen molar-refractivity contribution in [2.24, 2.45) is 0 Å². The van der Waals surface area contributed by atoms with E-state index in [1.165, 1.54) is 7.11 Å². The Bertz CT molecular complexity index is 958. The van der Waals surface area contributed by atoms with Gasteiger partial charge < -0.3 is 15.0 Å². The number of esters is 1. The SMILES string of the molecule is CCS(=O)(=O)Nc1cccc(N2CCC(N[C@@H](Cc3ccccc3)C(=O)OC)CC2)c1. The van der Waals surface area contributed by atoms with Gasteiger partial charge in [0.05, 0.1) is 18.6 Å². The zero-order chi connectivity index (χ0) is 22.3. The van der Waals surface area contributed by atoms with Gasteiger partial charge in [-0.05, 0) is 49.9 Å². The molecule has 1 aliphatic rings. The van der Waals surface area contributed by atoms with E-state index in [2.05, 4.69) is 14.9 Å². The van der Waals surface area contributed by atoms with Gasteiger partial charge in [0, 0.05) is 24.8 Å². The number of sulfonamides is 1. The number of carbonyl (C=O) groups excluding carboxylic acids is 1. The van der Waals surface area contributed by atoms with Gasteiger partial charge in [0.15, 0.2) is 0 Å². The quantitative estimate of drug-likeness (QED) is 0.577. The first-order chi connectivity index (χ1) is 14.9. The first-order valence-electron chi connectivity index (χ1n) is 10.6. The number of carbonyl (C=O) groups is 1. The third-order valence-electron chi connectivity index (χ3n) is 5.56. The number of rotatable bonds is 9. The minimum absolute atomic E-state index is 0.0403. The number of ether oxygens (including phenoxy) is 1. The van der Waals surface area contributed by atoms with Gasteiger partial charge in [-0.1, -0.05) is 36.4 Å². The summed E-state index contributed by atoms with van der Waals surface area (Å²) in [7, 11) is -1.88. The monoisotopic (exact) mass is 445 g/mol. The molecule has 0 bridgehead atoms. The van der Waals surface area contributed by atoms with Crippen molar-refractivity contribution in [1.82, 2.24) is 5.32 Å². The molecule has 0 unspecified atom stereocenters. The van der Waals surface area contributed by atoms with Crippen molar-refractivity contribution < 1.29 is 17.9 Å². The summed E-state index contributed by atoms with van der Waals surface area (Å²) in [5, 5.41) is 3.48. The highest BCUT2D eigenvalue weighted by atomic mass is 32.2. The Kier molecular flexibility index (Phi) is 7.92. The fourth-order valence-corrected chi connectivity index (χ4v) is 4.44. The van der Waals surface area contributed by atoms with Crippen LogP contribution in [0.3, 0.4) is 0 Å². The van der Waals surface area contributed by atoms with Crippen molar-refractivity contribution >= 4 is 27.4 Å². The zero-order valence-electron chi connectivity index (χ0n) is 18.1. The van der Waals surface area contributed by atoms with Gasteiger partial charge in [-0.15, -0.1) is 0 Å². The molecular formula is C23H31N3O4S. The summed E-state index contributed by atoms with van der Waals surface area (Å²) in [6.45, 7) is 3.26. The Balaban J connectivity index is 1.59. The van der Waals surface area contributed by atoms with Crippen molar-refractivity contribution in [3.63, 3.8) is 0 Å². The Labute approximate surface area is 184 Å². The van der Waals surface area contributed by atoms with E-state index < -0.39 is 10.0 Å². The zero-order valence-corrected chi connectivity index (χ0v) is 18.9. The number of methoxy groups -OCH3 is 1. The third-order valence-corrected chi connectivity index (χ3v) is 6.87. The number of anilines is 2. The van der Waals surface area contributed by atoms with Gasteiger partial charge in [-0.2, -0.15) is 0 Å². The van der Waals surface area contributed by atoms with Gasteiger partial charge in [0.1, 0.15) is 6.04 Å². The lowest BCUT2D eigenvalue weighted by molar-refractivity contribution is -0.143. The predicted molar refractivity (Wildman–Crippen MR) is 124 cm³/mol. The van der Waals surface area contributed by atoms with E-state index in [0.717, 1.165) is 37.2 Å². The molecule has 168 valence electrons. The second-order valence-electron chi connectivity index (χ2n) is 7.75. The molecule has 1 heterocycles. The molecular weight excluding hydrogens is 414 g/mol. The highest BCUT2D eigenvalue weighted by Crippen LogP contribution is 2.24. The summed E-state index contributed by atoms with van der Waals surface area (Å²) in [4.78, 5) is 14.5. The minimum Gasteiger partial charge on any atom is -0.468 e. The Morgan fingerprint density at radius 1 is 1.13 bits per heavy atom. The molecule has 1 aliphatic heterocycles. The number of benzene rings is 2. The second kappa shape index (κ2) is 10.6. The molecule has 0 saturated carbocycles. The lowest BCUT2D eigenvalue weighted by Gasteiger charge is -2.35. The van der Waals surface area contributed by atoms with Crippen LogP contribution in [0.15, 0.2) is 54.6 Å². The van der Waals surface area contributed by atoms with E-state index in [-0.39, 0.29) is 23.8 Å². The van der Waals surface area contributed by atoms with Crippen LogP contribution in [-0.2, 0) is 26.0 Å². The molecule has 1 saturated heterocycles. The van der Waals surface area contributed by atoms with Crippen LogP contribution in [0.2, 0.25) is 0 Å². The van der Waals surface area contributed by atoms with Crippen molar-refractivity contribution in [2.75, 3.05) is 35.6 Å². The minimum atomic E-state index is -3.30. The van der Waals surface area contributed by atoms with Crippen LogP contribution in [0.25, 0.3) is 0 Å². The summed E-state index contributed by atoms with van der Waals surface area (Å²) in [5.41, 5.74) is 2.66. The average molecular weight is 446 g/mol. The van der Waals surface area contributed by atoms with Gasteiger partial charge in [-0.3, -0.25) is 9.52 Å². The van der Waals surface area contributed by atoms with Crippen molar-refractivity contribution in [3.8, 4) is 0 Å². The topological polar surface area (TPSA) is 87.7 Å². The summed E-state index contributed by atoms with van der Waals surface area (Å²) < 4.78 is 31.3. The molecule has 2 N–H and O–H groups in total. The van der Waals surface area contributed by atoms with Crippen LogP contribution in [0, 0.1) is 0 Å². The molecule has 0 spiro atoms. The molecule has 8 heteroatoms. The smallest absolute Gasteiger partial charge is 0.323 e. The maximum atomic E-state index is 12.3. The molecule has 1 fully saturated rings. The first kappa shape index (κ1) is 23.1. The molecule has 1 atom stereocenters. The van der Waals surface area contributed by atoms with E-state index in [9.17, 15) is 13.2 Å². The molecule has 2 aromatic carbocycles. The van der Waals surface area contributed by atoms with Gasteiger partial charge in [0.25, 0.3) is 0 Å². The molecule has 0 aromatic heterocycles. The van der Waals surface area contributed by atoms with Crippen LogP contribution < -0.4 is 14.9 Å². The fraction of sp³-hybridized carbons (Fsp3) is 0.435. The van der Waals surface area contributed by atoms with Crippen molar-refractivity contribution in [1.29, 1.82) is 0 Å². The summed E-state index contributed by atoms with van der Waals surface area (Å²) in [5.74, 6) is -0.208. The molecule has 3 rings (SSSR count). The lowest BCUT2D eigenvalue weighted by Crippen LogP contribution is -2.50. The van der Waals surface area contributed by atoms with Crippen LogP contribution in [0.4, 0.5) is 11.4 Å². The van der Waals surface area contributed by atoms with E-state index >= 15 is 0 Å². The molecule has 7 nitrogen and oxygen atoms in total. The normalized spacial score (nSPS) is 16.0. The maximum absolute atomic E-state index is 12.3. The Hall–Kier alpha value is -2.58. The Morgan fingerprint density at radius 2 is 1.84 bits per heavy atom. The Morgan fingerprint density at radius 3 is 2.48 bits per heavy atom. The van der Waals surface area contributed by atoms with Crippen LogP contribution in [0.5, 0.6) is 0 Å². The number of nitrogens with zero attached hydrogens (tertiary/aromatic N) is 1. The van der Waals surface area contributed by atoms with Crippen LogP contribution in [-0.4, -0.2) is 52.4 Å². The summed E-state index contributed by atoms with van der Waals surface area (Å²) in [6, 6.07) is 17.2. The molecule has 0 aliphatic carbocycles. The van der Waals surface area contributed by atoms with Gasteiger partial charge in [0.2, 0.25) is 10.0 Å². The lowest BCUT2D eigenvalue weighted by atomic mass is 10.00. The second-order valence-corrected chi connectivity index (χ2v) is 9.76. The third kappa shape index (κ3) is 6.70. The van der Waals surface area contributed by atoms with Crippen LogP contribution >= 0.6 is 0 Å². The summed E-state index contributed by atoms with van der Waals surface area (Å²) in [6.07, 6.45) is 2.35. The van der Waals surface area contributed by atoms with Crippen molar-refractivity contribution in [2.45, 2.75) is 38.3 Å². The number of hydrogen-bond acceptors (Lipinski definition) is 6. The van der Waals surface area contributed by atoms with Gasteiger partial charge >= 0.3 is 5.97 Å². The molecule has 31 heavy (non-hydrogen) atoms. The highest BCUT2D eigenvalue weighted by Gasteiger charge is 2.26. The first-order valence-corrected chi connectivity index (χ1v) is 12.3. The number of hydrogen-bond donors (Lipinski definition) is 2. The molecule has 0 amide bonds. The largest absolute Gasteiger partial charge is 0.468 e. The van der Waals surface area contributed by atoms with E-state index in [1.807, 2.05) is 48.5 Å². The number of nitrogens with one attached hydrogen (secondary N) is 2.